The summed E-state index contributed by atoms with van der Waals surface area (Å²) in [5.74, 6) is 0.867. The maximum absolute atomic E-state index is 5.97. The Labute approximate surface area is 108 Å². The summed E-state index contributed by atoms with van der Waals surface area (Å²) in [6.45, 7) is 2.24. The zero-order chi connectivity index (χ0) is 12.8. The van der Waals surface area contributed by atoms with Gasteiger partial charge in [-0.05, 0) is 43.5 Å². The van der Waals surface area contributed by atoms with Crippen LogP contribution in [0.15, 0.2) is 24.3 Å². The van der Waals surface area contributed by atoms with Gasteiger partial charge in [-0.25, -0.2) is 0 Å². The second-order valence-electron chi connectivity index (χ2n) is 4.80. The molecule has 1 aromatic carbocycles. The Morgan fingerprint density at radius 3 is 2.72 bits per heavy atom. The van der Waals surface area contributed by atoms with Crippen LogP contribution < -0.4 is 15.8 Å². The summed E-state index contributed by atoms with van der Waals surface area (Å²) in [5.41, 5.74) is 7.02. The maximum atomic E-state index is 5.97. The van der Waals surface area contributed by atoms with Gasteiger partial charge in [0.1, 0.15) is 5.75 Å². The Bertz CT molecular complexity index is 357. The standard InChI is InChI=1S/C14H22N2O2/c1-17-13-5-3-12(4-6-13)16-14(11-15)7-2-9-18-10-8-14/h3-6,16H,2,7-11,15H2,1H3. The van der Waals surface area contributed by atoms with Gasteiger partial charge in [-0.2, -0.15) is 0 Å². The normalized spacial score (nSPS) is 24.3. The minimum Gasteiger partial charge on any atom is -0.497 e. The number of nitrogens with two attached hydrogens (primary N) is 1. The van der Waals surface area contributed by atoms with Gasteiger partial charge < -0.3 is 20.5 Å². The van der Waals surface area contributed by atoms with Crippen molar-refractivity contribution in [3.8, 4) is 5.75 Å². The van der Waals surface area contributed by atoms with Gasteiger partial charge in [0.15, 0.2) is 0 Å². The molecule has 1 heterocycles. The van der Waals surface area contributed by atoms with Gasteiger partial charge in [0.05, 0.1) is 12.6 Å². The molecule has 0 amide bonds. The molecule has 1 unspecified atom stereocenters. The molecule has 3 N–H and O–H groups in total. The van der Waals surface area contributed by atoms with Crippen molar-refractivity contribution in [3.05, 3.63) is 24.3 Å². The van der Waals surface area contributed by atoms with Crippen LogP contribution in [0.3, 0.4) is 0 Å². The zero-order valence-electron chi connectivity index (χ0n) is 10.9. The molecule has 0 bridgehead atoms. The number of benzene rings is 1. The third-order valence-electron chi connectivity index (χ3n) is 3.56. The first kappa shape index (κ1) is 13.2. The fraction of sp³-hybridized carbons (Fsp3) is 0.571. The molecule has 4 nitrogen and oxygen atoms in total. The van der Waals surface area contributed by atoms with Gasteiger partial charge in [0.2, 0.25) is 0 Å². The molecule has 100 valence electrons. The fourth-order valence-electron chi connectivity index (χ4n) is 2.37. The molecule has 0 spiro atoms. The molecule has 0 radical (unpaired) electrons. The molecule has 1 atom stereocenters. The molecule has 2 rings (SSSR count). The number of anilines is 1. The Morgan fingerprint density at radius 1 is 1.28 bits per heavy atom. The van der Waals surface area contributed by atoms with E-state index in [2.05, 4.69) is 5.32 Å². The van der Waals surface area contributed by atoms with Crippen molar-refractivity contribution in [2.45, 2.75) is 24.8 Å². The number of methoxy groups -OCH3 is 1. The summed E-state index contributed by atoms with van der Waals surface area (Å²) in [7, 11) is 1.67. The van der Waals surface area contributed by atoms with E-state index in [1.807, 2.05) is 24.3 Å². The predicted octanol–water partition coefficient (Wildman–Crippen LogP) is 2.01. The molecule has 1 aliphatic rings. The van der Waals surface area contributed by atoms with E-state index in [1.54, 1.807) is 7.11 Å². The number of hydrogen-bond acceptors (Lipinski definition) is 4. The molecule has 0 aliphatic carbocycles. The van der Waals surface area contributed by atoms with Crippen LogP contribution in [0.5, 0.6) is 5.75 Å². The van der Waals surface area contributed by atoms with Crippen molar-refractivity contribution < 1.29 is 9.47 Å². The number of ether oxygens (including phenoxy) is 2. The van der Waals surface area contributed by atoms with Gasteiger partial charge >= 0.3 is 0 Å². The summed E-state index contributed by atoms with van der Waals surface area (Å²) >= 11 is 0. The molecule has 0 aromatic heterocycles. The van der Waals surface area contributed by atoms with Crippen LogP contribution in [0.1, 0.15) is 19.3 Å². The third kappa shape index (κ3) is 3.15. The van der Waals surface area contributed by atoms with Crippen molar-refractivity contribution in [3.63, 3.8) is 0 Å². The van der Waals surface area contributed by atoms with Gasteiger partial charge in [0.25, 0.3) is 0 Å². The quantitative estimate of drug-likeness (QED) is 0.858. The second-order valence-corrected chi connectivity index (χ2v) is 4.80. The van der Waals surface area contributed by atoms with Crippen molar-refractivity contribution in [1.82, 2.24) is 0 Å². The van der Waals surface area contributed by atoms with Gasteiger partial charge in [-0.3, -0.25) is 0 Å². The third-order valence-corrected chi connectivity index (χ3v) is 3.56. The lowest BCUT2D eigenvalue weighted by Gasteiger charge is -2.33. The molecule has 4 heteroatoms. The molecule has 0 saturated carbocycles. The Morgan fingerprint density at radius 2 is 2.06 bits per heavy atom. The van der Waals surface area contributed by atoms with E-state index in [1.165, 1.54) is 0 Å². The highest BCUT2D eigenvalue weighted by atomic mass is 16.5. The molecule has 18 heavy (non-hydrogen) atoms. The van der Waals surface area contributed by atoms with Crippen molar-refractivity contribution in [2.24, 2.45) is 5.73 Å². The van der Waals surface area contributed by atoms with Crippen LogP contribution in [-0.2, 0) is 4.74 Å². The maximum Gasteiger partial charge on any atom is 0.119 e. The molecule has 1 fully saturated rings. The lowest BCUT2D eigenvalue weighted by atomic mass is 9.90. The van der Waals surface area contributed by atoms with Crippen LogP contribution in [0.4, 0.5) is 5.69 Å². The molecule has 1 saturated heterocycles. The molecular weight excluding hydrogens is 228 g/mol. The highest BCUT2D eigenvalue weighted by Gasteiger charge is 2.29. The predicted molar refractivity (Wildman–Crippen MR) is 73.1 cm³/mol. The van der Waals surface area contributed by atoms with Crippen LogP contribution in [0, 0.1) is 0 Å². The van der Waals surface area contributed by atoms with Crippen LogP contribution in [0.2, 0.25) is 0 Å². The van der Waals surface area contributed by atoms with Crippen molar-refractivity contribution in [2.75, 3.05) is 32.2 Å². The largest absolute Gasteiger partial charge is 0.497 e. The number of rotatable bonds is 4. The first-order valence-electron chi connectivity index (χ1n) is 6.48. The monoisotopic (exact) mass is 250 g/mol. The van der Waals surface area contributed by atoms with Crippen LogP contribution in [-0.4, -0.2) is 32.4 Å². The van der Waals surface area contributed by atoms with E-state index in [0.717, 1.165) is 43.9 Å². The summed E-state index contributed by atoms with van der Waals surface area (Å²) < 4.78 is 10.7. The Balaban J connectivity index is 2.07. The fourth-order valence-corrected chi connectivity index (χ4v) is 2.37. The summed E-state index contributed by atoms with van der Waals surface area (Å²) in [6.07, 6.45) is 3.06. The van der Waals surface area contributed by atoms with Crippen LogP contribution in [0.25, 0.3) is 0 Å². The highest BCUT2D eigenvalue weighted by molar-refractivity contribution is 5.48. The second kappa shape index (κ2) is 6.07. The average Bonchev–Trinajstić information content (AvgIpc) is 2.66. The summed E-state index contributed by atoms with van der Waals surface area (Å²) in [4.78, 5) is 0. The van der Waals surface area contributed by atoms with E-state index in [4.69, 9.17) is 15.2 Å². The van der Waals surface area contributed by atoms with E-state index in [9.17, 15) is 0 Å². The van der Waals surface area contributed by atoms with E-state index >= 15 is 0 Å². The van der Waals surface area contributed by atoms with Gasteiger partial charge in [-0.15, -0.1) is 0 Å². The van der Waals surface area contributed by atoms with E-state index < -0.39 is 0 Å². The summed E-state index contributed by atoms with van der Waals surface area (Å²) in [5, 5.41) is 3.57. The van der Waals surface area contributed by atoms with Crippen molar-refractivity contribution >= 4 is 5.69 Å². The zero-order valence-corrected chi connectivity index (χ0v) is 10.9. The lowest BCUT2D eigenvalue weighted by Crippen LogP contribution is -2.45. The molecule has 1 aliphatic heterocycles. The minimum atomic E-state index is -0.0366. The smallest absolute Gasteiger partial charge is 0.119 e. The Hall–Kier alpha value is -1.26. The summed E-state index contributed by atoms with van der Waals surface area (Å²) in [6, 6.07) is 7.98. The number of nitrogens with one attached hydrogen (secondary N) is 1. The van der Waals surface area contributed by atoms with E-state index in [-0.39, 0.29) is 5.54 Å². The number of hydrogen-bond donors (Lipinski definition) is 2. The molecule has 1 aromatic rings. The van der Waals surface area contributed by atoms with E-state index in [0.29, 0.717) is 6.54 Å². The first-order valence-corrected chi connectivity index (χ1v) is 6.48. The van der Waals surface area contributed by atoms with Crippen LogP contribution >= 0.6 is 0 Å². The van der Waals surface area contributed by atoms with Gasteiger partial charge in [-0.1, -0.05) is 0 Å². The van der Waals surface area contributed by atoms with Gasteiger partial charge in [0, 0.05) is 25.4 Å². The highest BCUT2D eigenvalue weighted by Crippen LogP contribution is 2.26. The SMILES string of the molecule is COc1ccc(NC2(CN)CCCOCC2)cc1. The first-order chi connectivity index (χ1) is 8.78. The molecular formula is C14H22N2O2. The minimum absolute atomic E-state index is 0.0366. The van der Waals surface area contributed by atoms with Crippen molar-refractivity contribution in [1.29, 1.82) is 0 Å². The lowest BCUT2D eigenvalue weighted by molar-refractivity contribution is 0.141. The average molecular weight is 250 g/mol. The Kier molecular flexibility index (Phi) is 4.44. The topological polar surface area (TPSA) is 56.5 Å².